The van der Waals surface area contributed by atoms with Crippen molar-refractivity contribution in [2.24, 2.45) is 0 Å². The molecule has 0 saturated heterocycles. The fourth-order valence-corrected chi connectivity index (χ4v) is 11.8. The van der Waals surface area contributed by atoms with Gasteiger partial charge in [0.05, 0.1) is 0 Å². The summed E-state index contributed by atoms with van der Waals surface area (Å²) in [4.78, 5) is 0. The van der Waals surface area contributed by atoms with Crippen molar-refractivity contribution in [3.63, 3.8) is 0 Å². The van der Waals surface area contributed by atoms with Crippen LogP contribution in [0.5, 0.6) is 0 Å². The van der Waals surface area contributed by atoms with E-state index in [2.05, 4.69) is 168 Å². The van der Waals surface area contributed by atoms with Crippen molar-refractivity contribution in [2.75, 3.05) is 0 Å². The van der Waals surface area contributed by atoms with Gasteiger partial charge in [-0.15, -0.1) is 11.1 Å². The SMILES string of the molecule is CC(C)(C)c1[c-]c2c(cc1)-c1ccc(C(C)(C)C)cc1C2.CC[Si](CC)(CC)c1ccc([C](=[Hf+2])c2ccc(C(C)(C)C)cc2)cc1.c1cc[cH-]c1. The maximum Gasteiger partial charge on any atom is -0.172 e. The molecule has 0 saturated carbocycles. The first-order valence-corrected chi connectivity index (χ1v) is 23.5. The van der Waals surface area contributed by atoms with Crippen molar-refractivity contribution >= 4 is 16.5 Å². The molecule has 5 aromatic rings. The van der Waals surface area contributed by atoms with Crippen LogP contribution in [0, 0.1) is 6.07 Å². The van der Waals surface area contributed by atoms with Crippen molar-refractivity contribution in [1.82, 2.24) is 0 Å². The standard InChI is InChI=1S/C23H32Si.C21H25.C5H5.Hf/c1-7-24(8-2,9-3)22-16-12-20(13-17-22)18-19-10-14-21(15-11-19)23(4,5)6;1-20(2,3)16-7-9-18-14(12-16)11-15-13-17(21(4,5)6)8-10-19(15)18;1-2-4-5-3-1;/h10-17H,7-9H2,1-6H3;7-10,12H,11H2,1-6H3;1-5H;/q;2*-1;+2. The van der Waals surface area contributed by atoms with Gasteiger partial charge in [-0.1, -0.05) is 65.3 Å². The summed E-state index contributed by atoms with van der Waals surface area (Å²) in [6.07, 6.45) is 1.03. The second kappa shape index (κ2) is 16.9. The molecule has 0 spiro atoms. The Morgan fingerprint density at radius 1 is 0.627 bits per heavy atom. The maximum atomic E-state index is 3.67. The zero-order chi connectivity index (χ0) is 37.6. The summed E-state index contributed by atoms with van der Waals surface area (Å²) in [5.74, 6) is 0. The van der Waals surface area contributed by atoms with Gasteiger partial charge in [0.2, 0.25) is 0 Å². The largest absolute Gasteiger partial charge is 0.214 e. The number of hydrogen-bond acceptors (Lipinski definition) is 0. The molecule has 51 heavy (non-hydrogen) atoms. The molecule has 0 bridgehead atoms. The molecule has 0 aromatic heterocycles. The molecule has 0 radical (unpaired) electrons. The predicted octanol–water partition coefficient (Wildman–Crippen LogP) is 12.9. The molecule has 0 fully saturated rings. The fraction of sp³-hybridized carbons (Fsp3) is 0.388. The Morgan fingerprint density at radius 2 is 1.12 bits per heavy atom. The van der Waals surface area contributed by atoms with Gasteiger partial charge in [-0.05, 0) is 28.4 Å². The average molecular weight is 858 g/mol. The molecule has 266 valence electrons. The van der Waals surface area contributed by atoms with E-state index in [4.69, 9.17) is 0 Å². The Hall–Kier alpha value is -2.81. The number of benzene rings is 4. The summed E-state index contributed by atoms with van der Waals surface area (Å²) in [5, 5.41) is 1.64. The van der Waals surface area contributed by atoms with E-state index in [0.29, 0.717) is 0 Å². The molecular weight excluding hydrogens is 795 g/mol. The van der Waals surface area contributed by atoms with Crippen LogP contribution in [0.25, 0.3) is 11.1 Å². The number of fused-ring (bicyclic) bond motifs is 3. The van der Waals surface area contributed by atoms with Crippen LogP contribution in [0.1, 0.15) is 122 Å². The summed E-state index contributed by atoms with van der Waals surface area (Å²) in [5.41, 5.74) is 13.1. The Balaban J connectivity index is 0.000000203. The van der Waals surface area contributed by atoms with Crippen LogP contribution in [0.2, 0.25) is 18.1 Å². The Kier molecular flexibility index (Phi) is 13.6. The zero-order valence-corrected chi connectivity index (χ0v) is 38.3. The van der Waals surface area contributed by atoms with Crippen LogP contribution in [-0.4, -0.2) is 11.3 Å². The second-order valence-corrected chi connectivity index (χ2v) is 24.5. The minimum absolute atomic E-state index is 0.167. The van der Waals surface area contributed by atoms with Crippen molar-refractivity contribution in [2.45, 2.75) is 124 Å². The third-order valence-electron chi connectivity index (χ3n) is 10.9. The number of rotatable bonds is 6. The van der Waals surface area contributed by atoms with Gasteiger partial charge in [-0.3, -0.25) is 0 Å². The van der Waals surface area contributed by atoms with Gasteiger partial charge < -0.3 is 0 Å². The summed E-state index contributed by atoms with van der Waals surface area (Å²) < 4.78 is 1.50. The molecule has 0 unspecified atom stereocenters. The topological polar surface area (TPSA) is 0 Å². The molecular formula is C49H62HfSi. The first kappa shape index (κ1) is 41.0. The van der Waals surface area contributed by atoms with Crippen molar-refractivity contribution < 1.29 is 23.9 Å². The molecule has 0 N–H and O–H groups in total. The molecule has 1 aliphatic carbocycles. The van der Waals surface area contributed by atoms with Crippen molar-refractivity contribution in [1.29, 1.82) is 0 Å². The van der Waals surface area contributed by atoms with Gasteiger partial charge in [-0.2, -0.15) is 42.0 Å². The van der Waals surface area contributed by atoms with Crippen molar-refractivity contribution in [3.8, 4) is 11.1 Å². The van der Waals surface area contributed by atoms with Crippen LogP contribution in [0.4, 0.5) is 0 Å². The molecule has 0 aliphatic heterocycles. The van der Waals surface area contributed by atoms with Gasteiger partial charge in [-0.25, -0.2) is 12.1 Å². The third kappa shape index (κ3) is 10.2. The summed E-state index contributed by atoms with van der Waals surface area (Å²) in [7, 11) is -1.26. The van der Waals surface area contributed by atoms with E-state index < -0.39 is 8.07 Å². The van der Waals surface area contributed by atoms with E-state index in [9.17, 15) is 0 Å². The van der Waals surface area contributed by atoms with E-state index in [1.165, 1.54) is 71.5 Å². The summed E-state index contributed by atoms with van der Waals surface area (Å²) in [6, 6.07) is 48.0. The van der Waals surface area contributed by atoms with E-state index in [0.717, 1.165) is 30.3 Å². The van der Waals surface area contributed by atoms with Gasteiger partial charge in [0.1, 0.15) is 0 Å². The average Bonchev–Trinajstić information content (AvgIpc) is 3.80. The predicted molar refractivity (Wildman–Crippen MR) is 225 cm³/mol. The van der Waals surface area contributed by atoms with Crippen LogP contribution in [0.3, 0.4) is 0 Å². The minimum Gasteiger partial charge on any atom is -0.214 e. The van der Waals surface area contributed by atoms with E-state index >= 15 is 0 Å². The molecule has 0 nitrogen and oxygen atoms in total. The summed E-state index contributed by atoms with van der Waals surface area (Å²) >= 11 is 1.07. The fourth-order valence-electron chi connectivity index (χ4n) is 7.00. The zero-order valence-electron chi connectivity index (χ0n) is 33.7. The smallest absolute Gasteiger partial charge is 0.172 e. The van der Waals surface area contributed by atoms with E-state index in [-0.39, 0.29) is 16.2 Å². The first-order valence-electron chi connectivity index (χ1n) is 19.1. The van der Waals surface area contributed by atoms with Crippen LogP contribution < -0.4 is 5.19 Å². The molecule has 0 heterocycles. The monoisotopic (exact) mass is 858 g/mol. The molecule has 0 atom stereocenters. The van der Waals surface area contributed by atoms with E-state index in [1.807, 2.05) is 30.3 Å². The van der Waals surface area contributed by atoms with Crippen LogP contribution >= 0.6 is 0 Å². The van der Waals surface area contributed by atoms with Gasteiger partial charge in [0.25, 0.3) is 0 Å². The Labute approximate surface area is 327 Å². The van der Waals surface area contributed by atoms with Crippen LogP contribution in [-0.2, 0) is 46.6 Å². The quantitative estimate of drug-likeness (QED) is 0.116. The van der Waals surface area contributed by atoms with Gasteiger partial charge in [0, 0.05) is 0 Å². The molecule has 6 rings (SSSR count). The summed E-state index contributed by atoms with van der Waals surface area (Å²) in [6.45, 7) is 27.6. The first-order chi connectivity index (χ1) is 23.9. The number of hydrogen-bond donors (Lipinski definition) is 0. The molecule has 5 aromatic carbocycles. The van der Waals surface area contributed by atoms with Crippen molar-refractivity contribution in [3.05, 3.63) is 154 Å². The normalized spacial score (nSPS) is 12.6. The second-order valence-electron chi connectivity index (χ2n) is 17.4. The Morgan fingerprint density at radius 3 is 1.57 bits per heavy atom. The maximum absolute atomic E-state index is 3.67. The Bertz CT molecular complexity index is 1760. The third-order valence-corrected chi connectivity index (χ3v) is 18.6. The molecule has 0 amide bonds. The van der Waals surface area contributed by atoms with Gasteiger partial charge in [0.15, 0.2) is 0 Å². The molecule has 2 heteroatoms. The minimum atomic E-state index is -1.26. The molecule has 1 aliphatic rings. The van der Waals surface area contributed by atoms with Crippen LogP contribution in [0.15, 0.2) is 109 Å². The van der Waals surface area contributed by atoms with Gasteiger partial charge >= 0.3 is 171 Å². The van der Waals surface area contributed by atoms with E-state index in [1.54, 1.807) is 5.19 Å².